The molecule has 0 aliphatic carbocycles. The van der Waals surface area contributed by atoms with Crippen molar-refractivity contribution >= 4 is 5.82 Å². The summed E-state index contributed by atoms with van der Waals surface area (Å²) in [6, 6.07) is 4.79. The molecule has 1 aromatic heterocycles. The maximum atomic E-state index is 9.46. The highest BCUT2D eigenvalue weighted by Gasteiger charge is 2.22. The van der Waals surface area contributed by atoms with Gasteiger partial charge in [0.2, 0.25) is 0 Å². The number of nitrogens with one attached hydrogen (secondary N) is 1. The summed E-state index contributed by atoms with van der Waals surface area (Å²) in [5.41, 5.74) is 1.21. The first-order chi connectivity index (χ1) is 9.26. The second-order valence-corrected chi connectivity index (χ2v) is 5.25. The van der Waals surface area contributed by atoms with E-state index in [9.17, 15) is 5.11 Å². The first-order valence-electron chi connectivity index (χ1n) is 7.33. The summed E-state index contributed by atoms with van der Waals surface area (Å²) in [7, 11) is 0. The molecule has 2 N–H and O–H groups in total. The van der Waals surface area contributed by atoms with Crippen LogP contribution in [0.5, 0.6) is 0 Å². The maximum absolute atomic E-state index is 9.46. The first-order valence-corrected chi connectivity index (χ1v) is 7.33. The number of rotatable bonds is 5. The number of hydrogen-bond acceptors (Lipinski definition) is 4. The molecule has 2 rings (SSSR count). The van der Waals surface area contributed by atoms with E-state index in [1.807, 2.05) is 6.20 Å². The number of pyridine rings is 1. The van der Waals surface area contributed by atoms with Crippen molar-refractivity contribution < 1.29 is 5.11 Å². The van der Waals surface area contributed by atoms with Gasteiger partial charge in [-0.15, -0.1) is 0 Å². The summed E-state index contributed by atoms with van der Waals surface area (Å²) < 4.78 is 0. The van der Waals surface area contributed by atoms with Gasteiger partial charge in [0, 0.05) is 18.8 Å². The quantitative estimate of drug-likeness (QED) is 0.854. The fourth-order valence-electron chi connectivity index (χ4n) is 2.74. The molecule has 19 heavy (non-hydrogen) atoms. The van der Waals surface area contributed by atoms with Crippen molar-refractivity contribution in [3.63, 3.8) is 0 Å². The van der Waals surface area contributed by atoms with Crippen LogP contribution in [0.15, 0.2) is 18.3 Å². The molecule has 1 aromatic rings. The van der Waals surface area contributed by atoms with Crippen LogP contribution >= 0.6 is 0 Å². The predicted molar refractivity (Wildman–Crippen MR) is 78.4 cm³/mol. The molecule has 2 atom stereocenters. The second kappa shape index (κ2) is 6.87. The Morgan fingerprint density at radius 2 is 2.32 bits per heavy atom. The Morgan fingerprint density at radius 3 is 2.95 bits per heavy atom. The minimum Gasteiger partial charge on any atom is -0.394 e. The maximum Gasteiger partial charge on any atom is 0.128 e. The van der Waals surface area contributed by atoms with Crippen molar-refractivity contribution in [2.75, 3.05) is 24.6 Å². The third kappa shape index (κ3) is 3.45. The summed E-state index contributed by atoms with van der Waals surface area (Å²) in [4.78, 5) is 6.82. The Kier molecular flexibility index (Phi) is 5.16. The van der Waals surface area contributed by atoms with Crippen LogP contribution in [0.2, 0.25) is 0 Å². The van der Waals surface area contributed by atoms with Crippen LogP contribution in [0.25, 0.3) is 0 Å². The number of hydrogen-bond donors (Lipinski definition) is 2. The van der Waals surface area contributed by atoms with Crippen LogP contribution in [-0.2, 0) is 0 Å². The molecule has 0 radical (unpaired) electrons. The molecular formula is C15H25N3O. The number of nitrogens with zero attached hydrogens (tertiary/aromatic N) is 2. The van der Waals surface area contributed by atoms with Gasteiger partial charge in [-0.25, -0.2) is 4.98 Å². The largest absolute Gasteiger partial charge is 0.394 e. The minimum absolute atomic E-state index is 0.219. The van der Waals surface area contributed by atoms with Crippen molar-refractivity contribution in [2.24, 2.45) is 0 Å². The number of piperidine rings is 1. The Labute approximate surface area is 115 Å². The molecule has 1 aliphatic heterocycles. The average Bonchev–Trinajstić information content (AvgIpc) is 2.47. The highest BCUT2D eigenvalue weighted by Crippen LogP contribution is 2.23. The predicted octanol–water partition coefficient (Wildman–Crippen LogP) is 2.10. The van der Waals surface area contributed by atoms with Gasteiger partial charge in [-0.05, 0) is 44.4 Å². The molecule has 0 aromatic carbocycles. The number of aliphatic hydroxyl groups excluding tert-OH is 1. The van der Waals surface area contributed by atoms with Crippen molar-refractivity contribution in [3.05, 3.63) is 23.9 Å². The van der Waals surface area contributed by atoms with Crippen molar-refractivity contribution in [1.29, 1.82) is 0 Å². The number of aromatic nitrogens is 1. The van der Waals surface area contributed by atoms with E-state index in [2.05, 4.69) is 41.2 Å². The molecule has 4 heteroatoms. The van der Waals surface area contributed by atoms with Gasteiger partial charge >= 0.3 is 0 Å². The molecule has 0 saturated carbocycles. The summed E-state index contributed by atoms with van der Waals surface area (Å²) in [6.07, 6.45) is 5.41. The highest BCUT2D eigenvalue weighted by molar-refractivity contribution is 5.41. The molecule has 0 bridgehead atoms. The van der Waals surface area contributed by atoms with E-state index in [0.29, 0.717) is 6.04 Å². The smallest absolute Gasteiger partial charge is 0.128 e. The van der Waals surface area contributed by atoms with Crippen LogP contribution in [0.1, 0.15) is 44.7 Å². The van der Waals surface area contributed by atoms with Gasteiger partial charge in [0.1, 0.15) is 5.82 Å². The lowest BCUT2D eigenvalue weighted by molar-refractivity contribution is 0.239. The van der Waals surface area contributed by atoms with E-state index in [-0.39, 0.29) is 12.6 Å². The van der Waals surface area contributed by atoms with Crippen molar-refractivity contribution in [2.45, 2.75) is 45.2 Å². The summed E-state index contributed by atoms with van der Waals surface area (Å²) in [6.45, 7) is 6.44. The van der Waals surface area contributed by atoms with Gasteiger partial charge in [-0.2, -0.15) is 0 Å². The number of anilines is 1. The van der Waals surface area contributed by atoms with E-state index in [0.717, 1.165) is 25.3 Å². The van der Waals surface area contributed by atoms with E-state index in [4.69, 9.17) is 0 Å². The molecule has 106 valence electrons. The third-order valence-electron chi connectivity index (χ3n) is 3.91. The molecule has 2 heterocycles. The molecule has 0 spiro atoms. The van der Waals surface area contributed by atoms with Crippen molar-refractivity contribution in [3.8, 4) is 0 Å². The number of aliphatic hydroxyl groups is 1. The molecule has 1 saturated heterocycles. The third-order valence-corrected chi connectivity index (χ3v) is 3.91. The van der Waals surface area contributed by atoms with Crippen LogP contribution in [0, 0.1) is 0 Å². The highest BCUT2D eigenvalue weighted by atomic mass is 16.3. The fraction of sp³-hybridized carbons (Fsp3) is 0.667. The van der Waals surface area contributed by atoms with Crippen molar-refractivity contribution in [1.82, 2.24) is 10.3 Å². The summed E-state index contributed by atoms with van der Waals surface area (Å²) in [5.74, 6) is 0.992. The zero-order valence-electron chi connectivity index (χ0n) is 12.0. The second-order valence-electron chi connectivity index (χ2n) is 5.25. The molecule has 4 nitrogen and oxygen atoms in total. The van der Waals surface area contributed by atoms with Gasteiger partial charge in [-0.1, -0.05) is 13.0 Å². The SMILES string of the molecule is CCNC(C)c1ccc(N2CCCCC2CO)nc1. The lowest BCUT2D eigenvalue weighted by Gasteiger charge is -2.35. The standard InChI is InChI=1S/C15H25N3O/c1-3-16-12(2)13-7-8-15(17-10-13)18-9-5-4-6-14(18)11-19/h7-8,10,12,14,16,19H,3-6,9,11H2,1-2H3. The lowest BCUT2D eigenvalue weighted by atomic mass is 10.0. The topological polar surface area (TPSA) is 48.4 Å². The van der Waals surface area contributed by atoms with Crippen LogP contribution < -0.4 is 10.2 Å². The fourth-order valence-corrected chi connectivity index (χ4v) is 2.74. The Hall–Kier alpha value is -1.13. The Bertz CT molecular complexity index is 379. The van der Waals surface area contributed by atoms with E-state index < -0.39 is 0 Å². The van der Waals surface area contributed by atoms with E-state index in [1.54, 1.807) is 0 Å². The normalized spacial score (nSPS) is 21.4. The van der Waals surface area contributed by atoms with Gasteiger partial charge in [0.05, 0.1) is 12.6 Å². The van der Waals surface area contributed by atoms with Gasteiger partial charge in [0.25, 0.3) is 0 Å². The average molecular weight is 263 g/mol. The molecule has 1 fully saturated rings. The Morgan fingerprint density at radius 1 is 1.47 bits per heavy atom. The van der Waals surface area contributed by atoms with Crippen LogP contribution in [0.3, 0.4) is 0 Å². The first kappa shape index (κ1) is 14.3. The summed E-state index contributed by atoms with van der Waals surface area (Å²) >= 11 is 0. The van der Waals surface area contributed by atoms with Crippen LogP contribution in [-0.4, -0.2) is 35.8 Å². The van der Waals surface area contributed by atoms with Crippen LogP contribution in [0.4, 0.5) is 5.82 Å². The summed E-state index contributed by atoms with van der Waals surface area (Å²) in [5, 5.41) is 12.8. The van der Waals surface area contributed by atoms with E-state index in [1.165, 1.54) is 18.4 Å². The molecule has 1 aliphatic rings. The van der Waals surface area contributed by atoms with Gasteiger partial charge < -0.3 is 15.3 Å². The van der Waals surface area contributed by atoms with Gasteiger partial charge in [-0.3, -0.25) is 0 Å². The Balaban J connectivity index is 2.08. The minimum atomic E-state index is 0.219. The lowest BCUT2D eigenvalue weighted by Crippen LogP contribution is -2.42. The zero-order valence-corrected chi connectivity index (χ0v) is 12.0. The van der Waals surface area contributed by atoms with E-state index >= 15 is 0 Å². The molecule has 0 amide bonds. The van der Waals surface area contributed by atoms with Gasteiger partial charge in [0.15, 0.2) is 0 Å². The monoisotopic (exact) mass is 263 g/mol. The zero-order chi connectivity index (χ0) is 13.7. The molecule has 2 unspecified atom stereocenters. The molecular weight excluding hydrogens is 238 g/mol.